The summed E-state index contributed by atoms with van der Waals surface area (Å²) in [5.41, 5.74) is 10.7. The molecule has 0 saturated heterocycles. The Morgan fingerprint density at radius 3 is 1.46 bits per heavy atom. The van der Waals surface area contributed by atoms with Crippen LogP contribution < -0.4 is 0 Å². The van der Waals surface area contributed by atoms with Crippen molar-refractivity contribution in [1.29, 1.82) is 0 Å². The van der Waals surface area contributed by atoms with E-state index in [9.17, 15) is 0 Å². The third-order valence-corrected chi connectivity index (χ3v) is 10.2. The minimum atomic E-state index is -3.92. The number of hydrogen-bond acceptors (Lipinski definition) is 11. The zero-order chi connectivity index (χ0) is 65.1. The van der Waals surface area contributed by atoms with Gasteiger partial charge < -0.3 is 38.6 Å². The quantitative estimate of drug-likeness (QED) is 0.0742. The van der Waals surface area contributed by atoms with Crippen LogP contribution in [0.15, 0.2) is 221 Å². The largest absolute Gasteiger partial charge is 0.748 e. The molecule has 83 heavy (non-hydrogen) atoms. The molecular weight excluding hydrogens is 1410 g/mol. The molecule has 12 aromatic rings. The van der Waals surface area contributed by atoms with Gasteiger partial charge in [0.15, 0.2) is 0 Å². The minimum Gasteiger partial charge on any atom is -0.748 e. The molecule has 0 amide bonds. The van der Waals surface area contributed by atoms with Crippen LogP contribution in [-0.2, 0) is 50.3 Å². The van der Waals surface area contributed by atoms with Crippen molar-refractivity contribution in [2.45, 2.75) is 28.2 Å². The van der Waals surface area contributed by atoms with Gasteiger partial charge in [-0.1, -0.05) is 116 Å². The van der Waals surface area contributed by atoms with Crippen molar-refractivity contribution in [3.8, 4) is 69.2 Å². The van der Waals surface area contributed by atoms with Gasteiger partial charge in [-0.15, -0.1) is 95.9 Å². The zero-order valence-electron chi connectivity index (χ0n) is 53.1. The first kappa shape index (κ1) is 59.5. The molecule has 0 fully saturated rings. The van der Waals surface area contributed by atoms with Crippen molar-refractivity contribution in [1.82, 2.24) is 19.9 Å². The average Bonchev–Trinajstić information content (AvgIpc) is 1.70. The molecule has 6 heterocycles. The van der Waals surface area contributed by atoms with Crippen LogP contribution >= 0.6 is 0 Å². The number of hydrogen-bond donors (Lipinski definition) is 2. The van der Waals surface area contributed by atoms with Crippen molar-refractivity contribution in [3.05, 3.63) is 242 Å². The maximum absolute atomic E-state index is 9.08. The van der Waals surface area contributed by atoms with Crippen LogP contribution in [0, 0.1) is 56.2 Å². The fourth-order valence-corrected chi connectivity index (χ4v) is 7.01. The molecule has 0 spiro atoms. The normalized spacial score (nSPS) is 10.7. The summed E-state index contributed by atoms with van der Waals surface area (Å²) in [7, 11) is 6.08. The molecule has 0 aliphatic heterocycles. The predicted molar refractivity (Wildman–Crippen MR) is 332 cm³/mol. The van der Waals surface area contributed by atoms with Gasteiger partial charge in [-0.25, -0.2) is 8.42 Å². The molecule has 6 aromatic heterocycles. The Balaban J connectivity index is 0.000000569. The summed E-state index contributed by atoms with van der Waals surface area (Å²) in [5.74, 6) is 7.08. The van der Waals surface area contributed by atoms with Gasteiger partial charge in [0.1, 0.15) is 16.7 Å². The molecule has 0 unspecified atom stereocenters. The van der Waals surface area contributed by atoms with Gasteiger partial charge in [-0.05, 0) is 103 Å². The first-order valence-corrected chi connectivity index (χ1v) is 25.5. The molecule has 0 saturated carbocycles. The van der Waals surface area contributed by atoms with Crippen molar-refractivity contribution < 1.29 is 83.2 Å². The summed E-state index contributed by atoms with van der Waals surface area (Å²) in [5, 5.41) is 17.3. The van der Waals surface area contributed by atoms with E-state index in [-0.39, 0.29) is 108 Å². The average molecular weight is 1480 g/mol. The zero-order valence-corrected chi connectivity index (χ0v) is 50.7. The maximum atomic E-state index is 9.08. The monoisotopic (exact) mass is 1480 g/mol. The summed E-state index contributed by atoms with van der Waals surface area (Å²) in [6.07, 6.45) is 8.44. The Morgan fingerprint density at radius 1 is 0.566 bits per heavy atom. The topological polar surface area (TPSA) is 175 Å². The summed E-state index contributed by atoms with van der Waals surface area (Å²) in [6, 6.07) is 55.6. The van der Waals surface area contributed by atoms with E-state index in [0.29, 0.717) is 34.1 Å². The number of aryl methyl sites for hydroxylation is 2. The fourth-order valence-electron chi connectivity index (χ4n) is 7.01. The first-order valence-electron chi connectivity index (χ1n) is 27.7. The van der Waals surface area contributed by atoms with Gasteiger partial charge in [0.2, 0.25) is 0 Å². The van der Waals surface area contributed by atoms with Crippen LogP contribution in [0.3, 0.4) is 0 Å². The number of aliphatic hydroxyl groups excluding tert-OH is 2. The number of fused-ring (bicyclic) bond motifs is 6. The number of aliphatic hydroxyl groups is 2. The molecule has 6 radical (unpaired) electrons. The van der Waals surface area contributed by atoms with E-state index < -0.39 is 10.1 Å². The second kappa shape index (κ2) is 40.2. The van der Waals surface area contributed by atoms with Crippen LogP contribution in [0.25, 0.3) is 88.9 Å². The number of terminal acetylenes is 1. The molecule has 11 nitrogen and oxygen atoms in total. The molecule has 2 N–H and O–H groups in total. The summed E-state index contributed by atoms with van der Waals surface area (Å²) < 4.78 is 102. The third-order valence-electron chi connectivity index (χ3n) is 10.2. The molecule has 0 aliphatic rings. The number of aromatic nitrogens is 4. The molecule has 16 heteroatoms. The van der Waals surface area contributed by atoms with E-state index in [1.165, 1.54) is 11.1 Å². The minimum absolute atomic E-state index is 0. The van der Waals surface area contributed by atoms with Gasteiger partial charge >= 0.3 is 0 Å². The number of nitrogens with zero attached hydrogens (tertiary/aromatic N) is 4. The van der Waals surface area contributed by atoms with Crippen molar-refractivity contribution in [2.24, 2.45) is 0 Å². The number of para-hydroxylation sites is 2. The van der Waals surface area contributed by atoms with E-state index in [1.54, 1.807) is 31.2 Å². The first-order chi connectivity index (χ1) is 42.3. The van der Waals surface area contributed by atoms with Gasteiger partial charge in [0.25, 0.3) is 0 Å². The van der Waals surface area contributed by atoms with Crippen LogP contribution in [-0.4, -0.2) is 79.1 Å². The molecule has 0 aliphatic carbocycles. The van der Waals surface area contributed by atoms with Crippen molar-refractivity contribution in [3.63, 3.8) is 0 Å². The molecule has 12 rings (SSSR count). The number of rotatable bonds is 4. The Kier molecular flexibility index (Phi) is 28.8. The Morgan fingerprint density at radius 2 is 1.01 bits per heavy atom. The molecule has 6 aromatic carbocycles. The molecular formula is C67H60B2Ir2N4O7S-4. The van der Waals surface area contributed by atoms with Crippen LogP contribution in [0.2, 0.25) is 0 Å². The van der Waals surface area contributed by atoms with E-state index in [2.05, 4.69) is 83.5 Å². The number of benzene rings is 6. The third kappa shape index (κ3) is 23.4. The maximum Gasteiger partial charge on any atom is 0.136 e. The smallest absolute Gasteiger partial charge is 0.136 e. The van der Waals surface area contributed by atoms with E-state index in [4.69, 9.17) is 49.4 Å². The predicted octanol–water partition coefficient (Wildman–Crippen LogP) is 13.7. The van der Waals surface area contributed by atoms with Crippen molar-refractivity contribution in [2.75, 3.05) is 20.5 Å². The summed E-state index contributed by atoms with van der Waals surface area (Å²) >= 11 is 0. The Labute approximate surface area is 529 Å². The summed E-state index contributed by atoms with van der Waals surface area (Å²) in [6.45, 7) is 5.77. The van der Waals surface area contributed by atoms with Crippen LogP contribution in [0.1, 0.15) is 36.4 Å². The van der Waals surface area contributed by atoms with E-state index in [0.717, 1.165) is 63.9 Å². The summed E-state index contributed by atoms with van der Waals surface area (Å²) in [4.78, 5) is 16.7. The molecule has 424 valence electrons. The van der Waals surface area contributed by atoms with Gasteiger partial charge in [0.05, 0.1) is 32.4 Å². The van der Waals surface area contributed by atoms with Crippen LogP contribution in [0.5, 0.6) is 0 Å². The molecule has 0 bridgehead atoms. The van der Waals surface area contributed by atoms with E-state index in [1.807, 2.05) is 142 Å². The Bertz CT molecular complexity index is 4190. The SMILES string of the molecule is C.C#CC#CC.CO.CO.CS(=O)(=O)[O-].Cc1ccc(-c2[c-]cccc2)nc1.Cc1ccc(-c2[c-]cccc2)nc1.[2H]c1nc(-c2[c-]ccc3oc4ccccc4c23)c([2H])c([2H])c1[2H].[2H]c1nc(-c2cccc3oc4ccccc4c23)c([2H])c([2H])c1[2H].[B][B].[Ir].[Ir]. The standard InChI is InChI=1S/C17H11NO.C17H10NO.2C12H10N.C5H4.CH4O3S.2CH4O.CH4.B2.2Ir/c2*1-2-9-15-13(6-1)17-12(7-5-10-16(17)19-15)14-8-3-4-11-18-14;2*1-10-7-8-12(13-9-10)11-5-3-2-4-6-11;1-3-5-4-2;1-5(2,3)4;2*1-2;;1-2;;/h1-11H;1-6,8-11H;2*2-5,7-9H,1H3;1H,2H3;1H3,(H,2,3,4);2*2H,1H3;1H4;;;/q;3*-1;;;;;;;;/p-1/i2*3D,4D,8D,11D;;;;;;;;;;. The number of furan rings is 2. The molecule has 0 atom stereocenters. The number of pyridine rings is 4. The van der Waals surface area contributed by atoms with Crippen LogP contribution in [0.4, 0.5) is 0 Å². The second-order valence-electron chi connectivity index (χ2n) is 15.6. The van der Waals surface area contributed by atoms with Crippen molar-refractivity contribution >= 4 is 69.5 Å². The Hall–Kier alpha value is -8.10. The fraction of sp³-hybridized carbons (Fsp3) is 0.104. The van der Waals surface area contributed by atoms with Gasteiger partial charge in [-0.3, -0.25) is 4.98 Å². The van der Waals surface area contributed by atoms with E-state index >= 15 is 0 Å². The second-order valence-corrected chi connectivity index (χ2v) is 17.0. The van der Waals surface area contributed by atoms with Gasteiger partial charge in [-0.2, -0.15) is 0 Å². The van der Waals surface area contributed by atoms with Gasteiger partial charge in [0, 0.05) is 117 Å².